The Morgan fingerprint density at radius 2 is 1.67 bits per heavy atom. The van der Waals surface area contributed by atoms with Crippen molar-refractivity contribution >= 4 is 25.6 Å². The summed E-state index contributed by atoms with van der Waals surface area (Å²) in [5.41, 5.74) is 0. The van der Waals surface area contributed by atoms with Gasteiger partial charge in [-0.15, -0.1) is 0 Å². The fourth-order valence-corrected chi connectivity index (χ4v) is 2.91. The van der Waals surface area contributed by atoms with Crippen LogP contribution >= 0.6 is 0 Å². The molecule has 0 aliphatic carbocycles. The van der Waals surface area contributed by atoms with Gasteiger partial charge in [-0.2, -0.15) is 0 Å². The van der Waals surface area contributed by atoms with Crippen LogP contribution in [0.15, 0.2) is 0 Å². The molecule has 0 aliphatic heterocycles. The molecule has 0 aliphatic rings. The Bertz CT molecular complexity index is 418. The summed E-state index contributed by atoms with van der Waals surface area (Å²) in [6.07, 6.45) is 0.930. The first-order chi connectivity index (χ1) is 6.56. The van der Waals surface area contributed by atoms with Crippen molar-refractivity contribution in [2.75, 3.05) is 17.8 Å². The van der Waals surface area contributed by atoms with Crippen LogP contribution in [-0.4, -0.2) is 50.9 Å². The molecule has 0 saturated carbocycles. The molecule has 0 aromatic rings. The van der Waals surface area contributed by atoms with E-state index in [9.17, 15) is 21.6 Å². The van der Waals surface area contributed by atoms with E-state index < -0.39 is 36.6 Å². The molecule has 0 spiro atoms. The fourth-order valence-electron chi connectivity index (χ4n) is 0.853. The van der Waals surface area contributed by atoms with Gasteiger partial charge in [0.1, 0.15) is 9.84 Å². The van der Waals surface area contributed by atoms with E-state index in [1.54, 1.807) is 0 Å². The molecule has 0 fully saturated rings. The highest BCUT2D eigenvalue weighted by atomic mass is 32.2. The van der Waals surface area contributed by atoms with E-state index in [0.717, 1.165) is 13.2 Å². The summed E-state index contributed by atoms with van der Waals surface area (Å²) in [7, 11) is -6.95. The first-order valence-electron chi connectivity index (χ1n) is 4.18. The number of carboxylic acid groups (broad SMARTS) is 1. The number of carbonyl (C=O) groups is 1. The lowest BCUT2D eigenvalue weighted by Crippen LogP contribution is -2.29. The maximum Gasteiger partial charge on any atom is 0.321 e. The van der Waals surface area contributed by atoms with Crippen LogP contribution in [0.1, 0.15) is 13.3 Å². The van der Waals surface area contributed by atoms with Gasteiger partial charge >= 0.3 is 5.97 Å². The van der Waals surface area contributed by atoms with Crippen molar-refractivity contribution in [2.24, 2.45) is 0 Å². The lowest BCUT2D eigenvalue weighted by Gasteiger charge is -2.07. The molecular weight excluding hydrogens is 244 g/mol. The number of hydrogen-bond donors (Lipinski definition) is 1. The minimum absolute atomic E-state index is 0.0706. The van der Waals surface area contributed by atoms with E-state index in [0.29, 0.717) is 0 Å². The molecule has 1 N–H and O–H groups in total. The zero-order valence-electron chi connectivity index (χ0n) is 8.50. The minimum Gasteiger partial charge on any atom is -0.480 e. The third-order valence-electron chi connectivity index (χ3n) is 1.83. The molecule has 0 aromatic heterocycles. The SMILES string of the molecule is CC(C(=O)O)S(=O)(=O)CCCS(C)(=O)=O. The van der Waals surface area contributed by atoms with Crippen molar-refractivity contribution in [1.82, 2.24) is 0 Å². The molecule has 0 rings (SSSR count). The zero-order chi connectivity index (χ0) is 12.3. The third-order valence-corrected chi connectivity index (χ3v) is 5.00. The number of rotatable bonds is 6. The van der Waals surface area contributed by atoms with Gasteiger partial charge < -0.3 is 5.11 Å². The number of carboxylic acids is 1. The van der Waals surface area contributed by atoms with Gasteiger partial charge in [0.05, 0.1) is 11.5 Å². The van der Waals surface area contributed by atoms with E-state index in [2.05, 4.69) is 0 Å². The summed E-state index contributed by atoms with van der Waals surface area (Å²) in [4.78, 5) is 10.4. The Morgan fingerprint density at radius 3 is 2.00 bits per heavy atom. The van der Waals surface area contributed by atoms with Crippen LogP contribution in [0.4, 0.5) is 0 Å². The average molecular weight is 258 g/mol. The molecule has 90 valence electrons. The molecular formula is C7H14O6S2. The highest BCUT2D eigenvalue weighted by Gasteiger charge is 2.27. The van der Waals surface area contributed by atoms with Crippen molar-refractivity contribution in [2.45, 2.75) is 18.6 Å². The summed E-state index contributed by atoms with van der Waals surface area (Å²) >= 11 is 0. The van der Waals surface area contributed by atoms with Gasteiger partial charge in [-0.3, -0.25) is 4.79 Å². The van der Waals surface area contributed by atoms with Crippen molar-refractivity contribution in [1.29, 1.82) is 0 Å². The van der Waals surface area contributed by atoms with Crippen molar-refractivity contribution in [3.05, 3.63) is 0 Å². The Kier molecular flexibility index (Phi) is 4.72. The molecule has 0 heterocycles. The summed E-state index contributed by atoms with van der Waals surface area (Å²) in [6, 6.07) is 0. The molecule has 0 bridgehead atoms. The van der Waals surface area contributed by atoms with E-state index in [-0.39, 0.29) is 12.2 Å². The molecule has 0 aromatic carbocycles. The van der Waals surface area contributed by atoms with E-state index in [1.807, 2.05) is 0 Å². The Hall–Kier alpha value is -0.630. The van der Waals surface area contributed by atoms with Crippen molar-refractivity contribution in [3.63, 3.8) is 0 Å². The van der Waals surface area contributed by atoms with Gasteiger partial charge in [0.2, 0.25) is 0 Å². The predicted molar refractivity (Wildman–Crippen MR) is 55.2 cm³/mol. The molecule has 6 nitrogen and oxygen atoms in total. The average Bonchev–Trinajstić information content (AvgIpc) is 1.99. The zero-order valence-corrected chi connectivity index (χ0v) is 10.1. The van der Waals surface area contributed by atoms with Crippen LogP contribution in [0.25, 0.3) is 0 Å². The summed E-state index contributed by atoms with van der Waals surface area (Å²) < 4.78 is 44.0. The second kappa shape index (κ2) is 4.93. The lowest BCUT2D eigenvalue weighted by atomic mass is 10.5. The molecule has 0 amide bonds. The summed E-state index contributed by atoms with van der Waals surface area (Å²) in [6.45, 7) is 1.07. The highest BCUT2D eigenvalue weighted by Crippen LogP contribution is 2.05. The van der Waals surface area contributed by atoms with Gasteiger partial charge in [-0.1, -0.05) is 0 Å². The maximum atomic E-state index is 11.3. The van der Waals surface area contributed by atoms with E-state index in [1.165, 1.54) is 0 Å². The number of hydrogen-bond acceptors (Lipinski definition) is 5. The third kappa shape index (κ3) is 5.73. The van der Waals surface area contributed by atoms with Crippen molar-refractivity contribution in [3.8, 4) is 0 Å². The fraction of sp³-hybridized carbons (Fsp3) is 0.857. The quantitative estimate of drug-likeness (QED) is 0.676. The van der Waals surface area contributed by atoms with Crippen molar-refractivity contribution < 1.29 is 26.7 Å². The van der Waals surface area contributed by atoms with E-state index >= 15 is 0 Å². The Balaban J connectivity index is 4.36. The van der Waals surface area contributed by atoms with Crippen LogP contribution < -0.4 is 0 Å². The maximum absolute atomic E-state index is 11.3. The Labute approximate surface area is 89.1 Å². The first-order valence-corrected chi connectivity index (χ1v) is 7.96. The van der Waals surface area contributed by atoms with Crippen LogP contribution in [-0.2, 0) is 24.5 Å². The highest BCUT2D eigenvalue weighted by molar-refractivity contribution is 7.93. The standard InChI is InChI=1S/C7H14O6S2/c1-6(7(8)9)15(12,13)5-3-4-14(2,10)11/h6H,3-5H2,1-2H3,(H,8,9). The van der Waals surface area contributed by atoms with Crippen LogP contribution in [0, 0.1) is 0 Å². The normalized spacial score (nSPS) is 14.8. The van der Waals surface area contributed by atoms with E-state index in [4.69, 9.17) is 5.11 Å². The topological polar surface area (TPSA) is 106 Å². The summed E-state index contributed by atoms with van der Waals surface area (Å²) in [5, 5.41) is 6.99. The second-order valence-corrected chi connectivity index (χ2v) is 8.03. The molecule has 15 heavy (non-hydrogen) atoms. The van der Waals surface area contributed by atoms with Gasteiger partial charge in [-0.05, 0) is 13.3 Å². The second-order valence-electron chi connectivity index (χ2n) is 3.33. The number of sulfone groups is 2. The molecule has 1 atom stereocenters. The van der Waals surface area contributed by atoms with Gasteiger partial charge in [0.15, 0.2) is 15.1 Å². The minimum atomic E-state index is -3.75. The first kappa shape index (κ1) is 14.4. The number of aliphatic carboxylic acids is 1. The smallest absolute Gasteiger partial charge is 0.321 e. The van der Waals surface area contributed by atoms with Gasteiger partial charge in [0.25, 0.3) is 0 Å². The molecule has 8 heteroatoms. The molecule has 0 saturated heterocycles. The molecule has 0 radical (unpaired) electrons. The monoisotopic (exact) mass is 258 g/mol. The van der Waals surface area contributed by atoms with Crippen LogP contribution in [0.2, 0.25) is 0 Å². The largest absolute Gasteiger partial charge is 0.480 e. The van der Waals surface area contributed by atoms with Crippen LogP contribution in [0.5, 0.6) is 0 Å². The van der Waals surface area contributed by atoms with Gasteiger partial charge in [0, 0.05) is 6.26 Å². The van der Waals surface area contributed by atoms with Crippen LogP contribution in [0.3, 0.4) is 0 Å². The lowest BCUT2D eigenvalue weighted by molar-refractivity contribution is -0.136. The summed E-state index contributed by atoms with van der Waals surface area (Å²) in [5.74, 6) is -2.10. The predicted octanol–water partition coefficient (Wildman–Crippen LogP) is -0.691. The Morgan fingerprint density at radius 1 is 1.20 bits per heavy atom. The molecule has 1 unspecified atom stereocenters. The van der Waals surface area contributed by atoms with Gasteiger partial charge in [-0.25, -0.2) is 16.8 Å².